The van der Waals surface area contributed by atoms with Gasteiger partial charge in [0.1, 0.15) is 0 Å². The maximum absolute atomic E-state index is 12.3. The zero-order valence-electron chi connectivity index (χ0n) is 12.7. The Morgan fingerprint density at radius 1 is 1.32 bits per heavy atom. The van der Waals surface area contributed by atoms with Crippen LogP contribution in [0.5, 0.6) is 0 Å². The third-order valence-corrected chi connectivity index (χ3v) is 3.24. The van der Waals surface area contributed by atoms with Crippen molar-refractivity contribution in [3.8, 4) is 0 Å². The highest BCUT2D eigenvalue weighted by Gasteiger charge is 2.26. The van der Waals surface area contributed by atoms with Crippen LogP contribution in [0.15, 0.2) is 0 Å². The maximum atomic E-state index is 12.3. The van der Waals surface area contributed by atoms with Gasteiger partial charge in [-0.2, -0.15) is 0 Å². The largest absolute Gasteiger partial charge is 0.383 e. The molecule has 2 amide bonds. The van der Waals surface area contributed by atoms with Crippen molar-refractivity contribution >= 4 is 11.8 Å². The molecule has 0 heterocycles. The molecule has 19 heavy (non-hydrogen) atoms. The quantitative estimate of drug-likeness (QED) is 0.671. The monoisotopic (exact) mass is 273 g/mol. The maximum Gasteiger partial charge on any atom is 0.241 e. The van der Waals surface area contributed by atoms with E-state index in [1.807, 2.05) is 13.8 Å². The van der Waals surface area contributed by atoms with Crippen molar-refractivity contribution < 1.29 is 14.3 Å². The van der Waals surface area contributed by atoms with Crippen LogP contribution in [-0.4, -0.2) is 68.6 Å². The van der Waals surface area contributed by atoms with E-state index in [1.54, 1.807) is 21.2 Å². The number of methoxy groups -OCH3 is 1. The Hall–Kier alpha value is -1.14. The zero-order chi connectivity index (χ0) is 15.0. The van der Waals surface area contributed by atoms with Gasteiger partial charge in [-0.05, 0) is 5.92 Å². The zero-order valence-corrected chi connectivity index (χ0v) is 12.7. The fourth-order valence-electron chi connectivity index (χ4n) is 1.48. The first-order valence-corrected chi connectivity index (χ1v) is 6.58. The van der Waals surface area contributed by atoms with E-state index in [-0.39, 0.29) is 24.3 Å². The Labute approximate surface area is 115 Å². The van der Waals surface area contributed by atoms with Gasteiger partial charge >= 0.3 is 0 Å². The molecule has 2 atom stereocenters. The standard InChI is InChI=1S/C13H27N3O3/c1-6-10(2)12(14)13(18)16(7-8-19-5)9-11(17)15(3)4/h10,12H,6-9,14H2,1-5H3/t10-,12-/m0/s1. The lowest BCUT2D eigenvalue weighted by Gasteiger charge is -2.28. The second kappa shape index (κ2) is 8.87. The molecule has 0 aromatic carbocycles. The molecule has 112 valence electrons. The number of rotatable bonds is 8. The first-order chi connectivity index (χ1) is 8.84. The van der Waals surface area contributed by atoms with Crippen LogP contribution in [0.3, 0.4) is 0 Å². The Balaban J connectivity index is 4.73. The van der Waals surface area contributed by atoms with Gasteiger partial charge in [-0.25, -0.2) is 0 Å². The summed E-state index contributed by atoms with van der Waals surface area (Å²) in [6.07, 6.45) is 0.826. The molecule has 0 saturated heterocycles. The highest BCUT2D eigenvalue weighted by atomic mass is 16.5. The fourth-order valence-corrected chi connectivity index (χ4v) is 1.48. The number of amides is 2. The highest BCUT2D eigenvalue weighted by molar-refractivity contribution is 5.87. The lowest BCUT2D eigenvalue weighted by atomic mass is 9.99. The third kappa shape index (κ3) is 6.02. The minimum absolute atomic E-state index is 0.0410. The summed E-state index contributed by atoms with van der Waals surface area (Å²) < 4.78 is 4.97. The first kappa shape index (κ1) is 17.9. The molecule has 0 fully saturated rings. The molecule has 0 aliphatic heterocycles. The molecule has 0 rings (SSSR count). The van der Waals surface area contributed by atoms with E-state index in [0.717, 1.165) is 6.42 Å². The average molecular weight is 273 g/mol. The van der Waals surface area contributed by atoms with Crippen molar-refractivity contribution in [2.24, 2.45) is 11.7 Å². The minimum Gasteiger partial charge on any atom is -0.383 e. The van der Waals surface area contributed by atoms with Crippen LogP contribution < -0.4 is 5.73 Å². The summed E-state index contributed by atoms with van der Waals surface area (Å²) >= 11 is 0. The molecule has 2 N–H and O–H groups in total. The molecule has 0 saturated carbocycles. The Morgan fingerprint density at radius 3 is 2.32 bits per heavy atom. The van der Waals surface area contributed by atoms with Gasteiger partial charge in [-0.1, -0.05) is 20.3 Å². The van der Waals surface area contributed by atoms with Crippen LogP contribution in [0, 0.1) is 5.92 Å². The first-order valence-electron chi connectivity index (χ1n) is 6.58. The summed E-state index contributed by atoms with van der Waals surface area (Å²) in [5.74, 6) is -0.227. The van der Waals surface area contributed by atoms with Crippen LogP contribution >= 0.6 is 0 Å². The normalized spacial score (nSPS) is 13.8. The summed E-state index contributed by atoms with van der Waals surface area (Å²) in [4.78, 5) is 27.0. The summed E-state index contributed by atoms with van der Waals surface area (Å²) in [5, 5.41) is 0. The number of carbonyl (C=O) groups is 2. The molecule has 0 bridgehead atoms. The fraction of sp³-hybridized carbons (Fsp3) is 0.846. The summed E-state index contributed by atoms with van der Waals surface area (Å²) in [5.41, 5.74) is 5.94. The molecule has 0 aromatic heterocycles. The van der Waals surface area contributed by atoms with Crippen LogP contribution in [-0.2, 0) is 14.3 Å². The van der Waals surface area contributed by atoms with E-state index < -0.39 is 6.04 Å². The molecule has 0 unspecified atom stereocenters. The van der Waals surface area contributed by atoms with Crippen LogP contribution in [0.4, 0.5) is 0 Å². The lowest BCUT2D eigenvalue weighted by molar-refractivity contribution is -0.141. The number of ether oxygens (including phenoxy) is 1. The summed E-state index contributed by atoms with van der Waals surface area (Å²) in [6, 6.07) is -0.572. The van der Waals surface area contributed by atoms with Crippen LogP contribution in [0.2, 0.25) is 0 Å². The van der Waals surface area contributed by atoms with Crippen molar-refractivity contribution in [3.63, 3.8) is 0 Å². The number of hydrogen-bond donors (Lipinski definition) is 1. The molecule has 0 aromatic rings. The van der Waals surface area contributed by atoms with Crippen molar-refractivity contribution in [2.45, 2.75) is 26.3 Å². The molecule has 0 aliphatic carbocycles. The predicted octanol–water partition coefficient (Wildman–Crippen LogP) is -0.0770. The summed E-state index contributed by atoms with van der Waals surface area (Å²) in [6.45, 7) is 4.73. The van der Waals surface area contributed by atoms with E-state index in [9.17, 15) is 9.59 Å². The van der Waals surface area contributed by atoms with Gasteiger partial charge in [-0.15, -0.1) is 0 Å². The van der Waals surface area contributed by atoms with Gasteiger partial charge in [0.15, 0.2) is 0 Å². The summed E-state index contributed by atoms with van der Waals surface area (Å²) in [7, 11) is 4.89. The topological polar surface area (TPSA) is 75.9 Å². The van der Waals surface area contributed by atoms with Gasteiger partial charge in [0.05, 0.1) is 19.2 Å². The van der Waals surface area contributed by atoms with Crippen LogP contribution in [0.1, 0.15) is 20.3 Å². The lowest BCUT2D eigenvalue weighted by Crippen LogP contribution is -2.50. The smallest absolute Gasteiger partial charge is 0.241 e. The van der Waals surface area contributed by atoms with E-state index in [2.05, 4.69) is 0 Å². The Morgan fingerprint density at radius 2 is 1.89 bits per heavy atom. The molecule has 0 spiro atoms. The number of carbonyl (C=O) groups excluding carboxylic acids is 2. The number of hydrogen-bond acceptors (Lipinski definition) is 4. The second-order valence-electron chi connectivity index (χ2n) is 4.95. The van der Waals surface area contributed by atoms with Gasteiger partial charge < -0.3 is 20.3 Å². The SMILES string of the molecule is CC[C@H](C)[C@H](N)C(=O)N(CCOC)CC(=O)N(C)C. The van der Waals surface area contributed by atoms with Crippen molar-refractivity contribution in [1.82, 2.24) is 9.80 Å². The van der Waals surface area contributed by atoms with E-state index in [4.69, 9.17) is 10.5 Å². The van der Waals surface area contributed by atoms with E-state index >= 15 is 0 Å². The minimum atomic E-state index is -0.572. The van der Waals surface area contributed by atoms with Crippen molar-refractivity contribution in [1.29, 1.82) is 0 Å². The molecule has 0 radical (unpaired) electrons. The van der Waals surface area contributed by atoms with Gasteiger partial charge in [0.25, 0.3) is 0 Å². The molecule has 6 heteroatoms. The molecule has 6 nitrogen and oxygen atoms in total. The Bertz CT molecular complexity index is 295. The average Bonchev–Trinajstić information content (AvgIpc) is 2.40. The molecular weight excluding hydrogens is 246 g/mol. The van der Waals surface area contributed by atoms with Gasteiger partial charge in [0, 0.05) is 27.7 Å². The van der Waals surface area contributed by atoms with Gasteiger partial charge in [-0.3, -0.25) is 9.59 Å². The second-order valence-corrected chi connectivity index (χ2v) is 4.95. The van der Waals surface area contributed by atoms with Crippen LogP contribution in [0.25, 0.3) is 0 Å². The number of nitrogens with two attached hydrogens (primary N) is 1. The number of likely N-dealkylation sites (N-methyl/N-ethyl adjacent to an activating group) is 1. The Kier molecular flexibility index (Phi) is 8.34. The molecule has 0 aliphatic rings. The highest BCUT2D eigenvalue weighted by Crippen LogP contribution is 2.08. The van der Waals surface area contributed by atoms with E-state index in [1.165, 1.54) is 9.80 Å². The number of nitrogens with zero attached hydrogens (tertiary/aromatic N) is 2. The predicted molar refractivity (Wildman–Crippen MR) is 74.6 cm³/mol. The molecular formula is C13H27N3O3. The van der Waals surface area contributed by atoms with Gasteiger partial charge in [0.2, 0.25) is 11.8 Å². The van der Waals surface area contributed by atoms with E-state index in [0.29, 0.717) is 13.2 Å². The van der Waals surface area contributed by atoms with Crippen molar-refractivity contribution in [3.05, 3.63) is 0 Å². The third-order valence-electron chi connectivity index (χ3n) is 3.24. The van der Waals surface area contributed by atoms with Crippen molar-refractivity contribution in [2.75, 3.05) is 40.9 Å².